The van der Waals surface area contributed by atoms with Crippen molar-refractivity contribution in [3.05, 3.63) is 91.0 Å². The minimum atomic E-state index is -2.88. The summed E-state index contributed by atoms with van der Waals surface area (Å²) < 4.78 is 0. The summed E-state index contributed by atoms with van der Waals surface area (Å²) in [5, 5.41) is 3.03. The van der Waals surface area contributed by atoms with Crippen LogP contribution < -0.4 is 15.6 Å². The second kappa shape index (κ2) is 11.2. The average Bonchev–Trinajstić information content (AvgIpc) is 2.56. The Morgan fingerprint density at radius 2 is 0.667 bits per heavy atom. The van der Waals surface area contributed by atoms with Crippen LogP contribution in [0.25, 0.3) is 0 Å². The van der Waals surface area contributed by atoms with Crippen LogP contribution in [0, 0.1) is 0 Å². The molecule has 0 radical (unpaired) electrons. The summed E-state index contributed by atoms with van der Waals surface area (Å²) in [6.07, 6.45) is 0. The van der Waals surface area contributed by atoms with Crippen molar-refractivity contribution in [2.24, 2.45) is 0 Å². The molecule has 0 aromatic heterocycles. The van der Waals surface area contributed by atoms with Gasteiger partial charge in [0.25, 0.3) is 8.32 Å². The molecule has 0 atom stereocenters. The zero-order chi connectivity index (χ0) is 13.8. The smallest absolute Gasteiger partial charge is 0.285 e. The summed E-state index contributed by atoms with van der Waals surface area (Å²) in [6, 6.07) is 30.0. The molecule has 4 nitrogen and oxygen atoms in total. The molecule has 0 saturated heterocycles. The van der Waals surface area contributed by atoms with Gasteiger partial charge in [0.1, 0.15) is 0 Å². The zero-order valence-electron chi connectivity index (χ0n) is 13.1. The van der Waals surface area contributed by atoms with Gasteiger partial charge >= 0.3 is 0 Å². The summed E-state index contributed by atoms with van der Waals surface area (Å²) in [5.74, 6) is 0. The molecule has 6 heteroatoms. The van der Waals surface area contributed by atoms with Gasteiger partial charge in [0.15, 0.2) is 0 Å². The van der Waals surface area contributed by atoms with E-state index < -0.39 is 8.32 Å². The van der Waals surface area contributed by atoms with Crippen LogP contribution in [0.3, 0.4) is 0 Å². The summed E-state index contributed by atoms with van der Waals surface area (Å²) in [5.41, 5.74) is 0. The van der Waals surface area contributed by atoms with E-state index in [0.717, 1.165) is 15.6 Å². The third-order valence-corrected chi connectivity index (χ3v) is 7.08. The maximum atomic E-state index is 11.6. The molecule has 0 heterocycles. The predicted molar refractivity (Wildman–Crippen MR) is 97.0 cm³/mol. The molecule has 3 aromatic rings. The van der Waals surface area contributed by atoms with Gasteiger partial charge in [-0.15, -0.1) is 0 Å². The number of rotatable bonds is 3. The van der Waals surface area contributed by atoms with Gasteiger partial charge in [-0.2, -0.15) is 0 Å². The molecule has 0 aliphatic rings. The Morgan fingerprint density at radius 3 is 0.875 bits per heavy atom. The van der Waals surface area contributed by atoms with Crippen LogP contribution in [-0.4, -0.2) is 29.5 Å². The Labute approximate surface area is 162 Å². The van der Waals surface area contributed by atoms with E-state index in [0.29, 0.717) is 0 Å². The van der Waals surface area contributed by atoms with Crippen LogP contribution in [-0.2, 0) is 26.2 Å². The second-order valence-electron chi connectivity index (χ2n) is 4.81. The summed E-state index contributed by atoms with van der Waals surface area (Å²) >= 11 is 0. The molecule has 0 aliphatic carbocycles. The van der Waals surface area contributed by atoms with Crippen molar-refractivity contribution in [3.8, 4) is 0 Å². The van der Waals surface area contributed by atoms with Crippen LogP contribution in [0.5, 0.6) is 0 Å². The first-order chi connectivity index (χ1) is 9.82. The van der Waals surface area contributed by atoms with Crippen molar-refractivity contribution in [2.45, 2.75) is 0 Å². The third kappa shape index (κ3) is 4.80. The van der Waals surface area contributed by atoms with E-state index in [1.54, 1.807) is 0 Å². The molecule has 126 valence electrons. The van der Waals surface area contributed by atoms with Crippen molar-refractivity contribution in [1.29, 1.82) is 0 Å². The minimum absolute atomic E-state index is 0. The standard InChI is InChI=1S/C18H16OSi.3H2O.Zr/c19-20(16-10-4-1-5-11-16,17-12-6-2-7-13-17)18-14-8-3-9-15-18;;;;/h1-15,19H;3*1H2;. The van der Waals surface area contributed by atoms with Crippen LogP contribution >= 0.6 is 0 Å². The van der Waals surface area contributed by atoms with Crippen molar-refractivity contribution in [1.82, 2.24) is 0 Å². The fourth-order valence-electron chi connectivity index (χ4n) is 2.54. The maximum absolute atomic E-state index is 11.6. The number of benzene rings is 3. The number of hydrogen-bond acceptors (Lipinski definition) is 1. The molecular formula is C18H22O4SiZr. The number of hydrogen-bond donors (Lipinski definition) is 1. The molecule has 0 bridgehead atoms. The van der Waals surface area contributed by atoms with Crippen molar-refractivity contribution >= 4 is 23.9 Å². The Kier molecular flexibility index (Phi) is 11.6. The van der Waals surface area contributed by atoms with E-state index in [1.165, 1.54) is 0 Å². The molecule has 0 spiro atoms. The molecule has 0 saturated carbocycles. The topological polar surface area (TPSA) is 115 Å². The van der Waals surface area contributed by atoms with E-state index >= 15 is 0 Å². The normalized spacial score (nSPS) is 9.38. The molecular weight excluding hydrogens is 400 g/mol. The molecule has 0 fully saturated rings. The van der Waals surface area contributed by atoms with Gasteiger partial charge in [-0.1, -0.05) is 91.0 Å². The minimum Gasteiger partial charge on any atom is -0.421 e. The molecule has 3 rings (SSSR count). The fraction of sp³-hybridized carbons (Fsp3) is 0. The Hall–Kier alpha value is -1.40. The Bertz CT molecular complexity index is 584. The second-order valence-corrected chi connectivity index (χ2v) is 7.96. The monoisotopic (exact) mass is 420 g/mol. The van der Waals surface area contributed by atoms with Crippen molar-refractivity contribution in [2.75, 3.05) is 0 Å². The van der Waals surface area contributed by atoms with E-state index in [4.69, 9.17) is 0 Å². The zero-order valence-corrected chi connectivity index (χ0v) is 16.6. The SMILES string of the molecule is O.O.O.O[Si](c1ccccc1)(c1ccccc1)c1ccccc1.[Zr]. The van der Waals surface area contributed by atoms with Crippen LogP contribution in [0.15, 0.2) is 91.0 Å². The molecule has 0 amide bonds. The van der Waals surface area contributed by atoms with Crippen molar-refractivity contribution in [3.63, 3.8) is 0 Å². The van der Waals surface area contributed by atoms with Crippen molar-refractivity contribution < 1.29 is 47.4 Å². The van der Waals surface area contributed by atoms with Gasteiger partial charge in [0.2, 0.25) is 0 Å². The van der Waals surface area contributed by atoms with Gasteiger partial charge in [-0.25, -0.2) is 0 Å². The summed E-state index contributed by atoms with van der Waals surface area (Å²) in [4.78, 5) is 11.6. The average molecular weight is 422 g/mol. The summed E-state index contributed by atoms with van der Waals surface area (Å²) in [7, 11) is -2.88. The van der Waals surface area contributed by atoms with Crippen LogP contribution in [0.4, 0.5) is 0 Å². The van der Waals surface area contributed by atoms with Gasteiger partial charge < -0.3 is 21.2 Å². The van der Waals surface area contributed by atoms with E-state index in [2.05, 4.69) is 0 Å². The quantitative estimate of drug-likeness (QED) is 0.431. The molecule has 3 aromatic carbocycles. The predicted octanol–water partition coefficient (Wildman–Crippen LogP) is -0.831. The van der Waals surface area contributed by atoms with E-state index in [1.807, 2.05) is 91.0 Å². The Morgan fingerprint density at radius 1 is 0.458 bits per heavy atom. The molecule has 7 N–H and O–H groups in total. The first kappa shape index (κ1) is 24.8. The van der Waals surface area contributed by atoms with Gasteiger partial charge in [-0.05, 0) is 15.6 Å². The van der Waals surface area contributed by atoms with E-state index in [-0.39, 0.29) is 42.6 Å². The van der Waals surface area contributed by atoms with Gasteiger partial charge in [0, 0.05) is 26.2 Å². The first-order valence-corrected chi connectivity index (χ1v) is 8.65. The van der Waals surface area contributed by atoms with Gasteiger partial charge in [-0.3, -0.25) is 0 Å². The summed E-state index contributed by atoms with van der Waals surface area (Å²) in [6.45, 7) is 0. The molecule has 0 unspecified atom stereocenters. The third-order valence-electron chi connectivity index (χ3n) is 3.57. The van der Waals surface area contributed by atoms with Crippen LogP contribution in [0.2, 0.25) is 0 Å². The maximum Gasteiger partial charge on any atom is 0.285 e. The molecule has 24 heavy (non-hydrogen) atoms. The first-order valence-electron chi connectivity index (χ1n) is 6.71. The fourth-order valence-corrected chi connectivity index (χ4v) is 5.56. The Balaban J connectivity index is 0. The van der Waals surface area contributed by atoms with Crippen LogP contribution in [0.1, 0.15) is 0 Å². The van der Waals surface area contributed by atoms with E-state index in [9.17, 15) is 4.80 Å². The van der Waals surface area contributed by atoms with Gasteiger partial charge in [0.05, 0.1) is 0 Å². The molecule has 0 aliphatic heterocycles. The largest absolute Gasteiger partial charge is 0.421 e.